The van der Waals surface area contributed by atoms with E-state index in [1.54, 1.807) is 26.4 Å². The molecular weight excluding hydrogens is 445 g/mol. The molecule has 1 N–H and O–H groups in total. The number of nitrogens with zero attached hydrogens (tertiary/aromatic N) is 2. The molecule has 7 nitrogen and oxygen atoms in total. The van der Waals surface area contributed by atoms with Gasteiger partial charge in [0.15, 0.2) is 0 Å². The largest absolute Gasteiger partial charge is 0.497 e. The van der Waals surface area contributed by atoms with Gasteiger partial charge in [-0.2, -0.15) is 0 Å². The van der Waals surface area contributed by atoms with Crippen LogP contribution in [0.4, 0.5) is 10.1 Å². The molecule has 1 unspecified atom stereocenters. The Kier molecular flexibility index (Phi) is 7.02. The second kappa shape index (κ2) is 9.94. The molecule has 0 bridgehead atoms. The Morgan fingerprint density at radius 3 is 2.42 bits per heavy atom. The third kappa shape index (κ3) is 5.38. The van der Waals surface area contributed by atoms with E-state index >= 15 is 0 Å². The van der Waals surface area contributed by atoms with Crippen molar-refractivity contribution in [3.8, 4) is 5.75 Å². The van der Waals surface area contributed by atoms with Gasteiger partial charge in [-0.25, -0.2) is 17.5 Å². The molecule has 1 saturated heterocycles. The number of hydrogen-bond donors (Lipinski definition) is 1. The third-order valence-corrected chi connectivity index (χ3v) is 7.39. The van der Waals surface area contributed by atoms with Crippen molar-refractivity contribution in [3.63, 3.8) is 0 Å². The first kappa shape index (κ1) is 23.3. The molecule has 3 aromatic rings. The van der Waals surface area contributed by atoms with Gasteiger partial charge >= 0.3 is 0 Å². The molecule has 1 fully saturated rings. The Hall–Kier alpha value is -2.88. The van der Waals surface area contributed by atoms with E-state index < -0.39 is 15.8 Å². The number of aryl methyl sites for hydroxylation is 1. The summed E-state index contributed by atoms with van der Waals surface area (Å²) < 4.78 is 52.8. The smallest absolute Gasteiger partial charge is 0.240 e. The summed E-state index contributed by atoms with van der Waals surface area (Å²) in [4.78, 5) is 4.56. The fraction of sp³-hybridized carbons (Fsp3) is 0.333. The van der Waals surface area contributed by atoms with Crippen LogP contribution in [-0.2, 0) is 10.0 Å². The SMILES string of the molecule is COc1ccc(N2CCN(C(CNS(=O)(=O)c3ccc(F)c(C)c3)c3ccco3)CC2)cc1. The number of piperazine rings is 1. The topological polar surface area (TPSA) is 75.0 Å². The van der Waals surface area contributed by atoms with Gasteiger partial charge in [0.05, 0.1) is 24.3 Å². The Morgan fingerprint density at radius 2 is 1.82 bits per heavy atom. The fourth-order valence-electron chi connectivity index (χ4n) is 4.03. The lowest BCUT2D eigenvalue weighted by Crippen LogP contribution is -2.49. The Bertz CT molecular complexity index is 1160. The molecule has 0 spiro atoms. The number of methoxy groups -OCH3 is 1. The van der Waals surface area contributed by atoms with Crippen LogP contribution in [0.5, 0.6) is 5.75 Å². The van der Waals surface area contributed by atoms with Crippen LogP contribution in [-0.4, -0.2) is 53.2 Å². The van der Waals surface area contributed by atoms with E-state index in [9.17, 15) is 12.8 Å². The molecule has 2 heterocycles. The minimum Gasteiger partial charge on any atom is -0.497 e. The van der Waals surface area contributed by atoms with E-state index in [-0.39, 0.29) is 23.0 Å². The van der Waals surface area contributed by atoms with E-state index in [1.807, 2.05) is 30.3 Å². The number of nitrogens with one attached hydrogen (secondary N) is 1. The van der Waals surface area contributed by atoms with Crippen LogP contribution in [0, 0.1) is 12.7 Å². The maximum atomic E-state index is 13.6. The van der Waals surface area contributed by atoms with Gasteiger partial charge in [0.1, 0.15) is 17.3 Å². The lowest BCUT2D eigenvalue weighted by Gasteiger charge is -2.39. The van der Waals surface area contributed by atoms with Crippen LogP contribution in [0.15, 0.2) is 70.2 Å². The quantitative estimate of drug-likeness (QED) is 0.539. The number of hydrogen-bond acceptors (Lipinski definition) is 6. The summed E-state index contributed by atoms with van der Waals surface area (Å²) in [5.41, 5.74) is 1.41. The maximum Gasteiger partial charge on any atom is 0.240 e. The van der Waals surface area contributed by atoms with E-state index in [1.165, 1.54) is 18.2 Å². The average molecular weight is 474 g/mol. The van der Waals surface area contributed by atoms with Gasteiger partial charge in [-0.1, -0.05) is 0 Å². The predicted molar refractivity (Wildman–Crippen MR) is 125 cm³/mol. The highest BCUT2D eigenvalue weighted by atomic mass is 32.2. The molecule has 33 heavy (non-hydrogen) atoms. The van der Waals surface area contributed by atoms with Crippen molar-refractivity contribution in [2.24, 2.45) is 0 Å². The highest BCUT2D eigenvalue weighted by Crippen LogP contribution is 2.26. The lowest BCUT2D eigenvalue weighted by molar-refractivity contribution is 0.166. The highest BCUT2D eigenvalue weighted by Gasteiger charge is 2.29. The summed E-state index contributed by atoms with van der Waals surface area (Å²) in [5, 5.41) is 0. The van der Waals surface area contributed by atoms with E-state index in [4.69, 9.17) is 9.15 Å². The molecule has 0 aliphatic carbocycles. The summed E-state index contributed by atoms with van der Waals surface area (Å²) in [6.45, 7) is 4.78. The number of furan rings is 1. The van der Waals surface area contributed by atoms with Crippen LogP contribution in [0.1, 0.15) is 17.4 Å². The van der Waals surface area contributed by atoms with Crippen molar-refractivity contribution in [1.82, 2.24) is 9.62 Å². The first-order valence-corrected chi connectivity index (χ1v) is 12.3. The fourth-order valence-corrected chi connectivity index (χ4v) is 5.15. The summed E-state index contributed by atoms with van der Waals surface area (Å²) in [6.07, 6.45) is 1.59. The summed E-state index contributed by atoms with van der Waals surface area (Å²) >= 11 is 0. The number of benzene rings is 2. The summed E-state index contributed by atoms with van der Waals surface area (Å²) in [6, 6.07) is 15.2. The number of rotatable bonds is 8. The minimum atomic E-state index is -3.79. The molecule has 9 heteroatoms. The van der Waals surface area contributed by atoms with Gasteiger partial charge in [0, 0.05) is 38.4 Å². The van der Waals surface area contributed by atoms with Crippen LogP contribution in [0.3, 0.4) is 0 Å². The Labute approximate surface area is 193 Å². The zero-order chi connectivity index (χ0) is 23.4. The van der Waals surface area contributed by atoms with E-state index in [0.717, 1.165) is 37.6 Å². The van der Waals surface area contributed by atoms with Crippen molar-refractivity contribution in [1.29, 1.82) is 0 Å². The standard InChI is InChI=1S/C24H28FN3O4S/c1-18-16-21(9-10-22(18)25)33(29,30)26-17-23(24-4-3-15-32-24)28-13-11-27(12-14-28)19-5-7-20(31-2)8-6-19/h3-10,15-16,23,26H,11-14,17H2,1-2H3. The number of sulfonamides is 1. The number of anilines is 1. The first-order valence-electron chi connectivity index (χ1n) is 10.8. The maximum absolute atomic E-state index is 13.6. The zero-order valence-corrected chi connectivity index (χ0v) is 19.5. The lowest BCUT2D eigenvalue weighted by atomic mass is 10.1. The minimum absolute atomic E-state index is 0.0453. The van der Waals surface area contributed by atoms with E-state index in [0.29, 0.717) is 5.76 Å². The molecule has 2 aromatic carbocycles. The number of halogens is 1. The van der Waals surface area contributed by atoms with Gasteiger partial charge in [-0.15, -0.1) is 0 Å². The van der Waals surface area contributed by atoms with Gasteiger partial charge < -0.3 is 14.1 Å². The Morgan fingerprint density at radius 1 is 1.09 bits per heavy atom. The summed E-state index contributed by atoms with van der Waals surface area (Å²) in [7, 11) is -2.15. The second-order valence-corrected chi connectivity index (χ2v) is 9.78. The first-order chi connectivity index (χ1) is 15.9. The molecule has 1 aromatic heterocycles. The average Bonchev–Trinajstić information content (AvgIpc) is 3.36. The molecule has 176 valence electrons. The van der Waals surface area contributed by atoms with Crippen LogP contribution < -0.4 is 14.4 Å². The third-order valence-electron chi connectivity index (χ3n) is 5.97. The number of ether oxygens (including phenoxy) is 1. The van der Waals surface area contributed by atoms with E-state index in [2.05, 4.69) is 14.5 Å². The summed E-state index contributed by atoms with van der Waals surface area (Å²) in [5.74, 6) is 1.09. The van der Waals surface area contributed by atoms with Crippen LogP contribution in [0.25, 0.3) is 0 Å². The van der Waals surface area contributed by atoms with Crippen LogP contribution >= 0.6 is 0 Å². The second-order valence-electron chi connectivity index (χ2n) is 8.02. The van der Waals surface area contributed by atoms with Crippen LogP contribution in [0.2, 0.25) is 0 Å². The highest BCUT2D eigenvalue weighted by molar-refractivity contribution is 7.89. The molecule has 1 atom stereocenters. The van der Waals surface area contributed by atoms with Crippen molar-refractivity contribution in [2.75, 3.05) is 44.7 Å². The Balaban J connectivity index is 1.44. The monoisotopic (exact) mass is 473 g/mol. The van der Waals surface area contributed by atoms with Gasteiger partial charge in [0.2, 0.25) is 10.0 Å². The molecule has 1 aliphatic heterocycles. The van der Waals surface area contributed by atoms with Crippen molar-refractivity contribution in [3.05, 3.63) is 78.0 Å². The molecular formula is C24H28FN3O4S. The van der Waals surface area contributed by atoms with Crippen molar-refractivity contribution < 1.29 is 22.0 Å². The predicted octanol–water partition coefficient (Wildman–Crippen LogP) is 3.58. The molecule has 4 rings (SSSR count). The normalized spacial score (nSPS) is 16.0. The van der Waals surface area contributed by atoms with Crippen molar-refractivity contribution in [2.45, 2.75) is 17.9 Å². The molecule has 1 aliphatic rings. The van der Waals surface area contributed by atoms with Gasteiger partial charge in [-0.3, -0.25) is 4.90 Å². The van der Waals surface area contributed by atoms with Crippen molar-refractivity contribution >= 4 is 15.7 Å². The van der Waals surface area contributed by atoms with Gasteiger partial charge in [0.25, 0.3) is 0 Å². The van der Waals surface area contributed by atoms with Gasteiger partial charge in [-0.05, 0) is 67.1 Å². The molecule has 0 amide bonds. The molecule has 0 saturated carbocycles. The zero-order valence-electron chi connectivity index (χ0n) is 18.7. The molecule has 0 radical (unpaired) electrons.